The summed E-state index contributed by atoms with van der Waals surface area (Å²) in [5.41, 5.74) is 2.68. The first-order valence-electron chi connectivity index (χ1n) is 10.3. The third-order valence-electron chi connectivity index (χ3n) is 5.59. The average Bonchev–Trinajstić information content (AvgIpc) is 3.16. The maximum absolute atomic E-state index is 12.6. The van der Waals surface area contributed by atoms with Crippen molar-refractivity contribution < 1.29 is 18.7 Å². The molecule has 1 atom stereocenters. The first kappa shape index (κ1) is 20.9. The van der Waals surface area contributed by atoms with Crippen LogP contribution in [0.1, 0.15) is 17.0 Å². The van der Waals surface area contributed by atoms with Crippen molar-refractivity contribution in [2.45, 2.75) is 25.9 Å². The maximum Gasteiger partial charge on any atom is 0.237 e. The van der Waals surface area contributed by atoms with Crippen LogP contribution >= 0.6 is 0 Å². The summed E-state index contributed by atoms with van der Waals surface area (Å²) in [5.74, 6) is 2.45. The van der Waals surface area contributed by atoms with Gasteiger partial charge in [-0.15, -0.1) is 0 Å². The van der Waals surface area contributed by atoms with E-state index >= 15 is 0 Å². The highest BCUT2D eigenvalue weighted by Gasteiger charge is 2.31. The number of carbonyl (C=O) groups excluding carboxylic acids is 1. The normalized spacial score (nSPS) is 16.7. The van der Waals surface area contributed by atoms with Crippen LogP contribution in [0, 0.1) is 6.92 Å². The van der Waals surface area contributed by atoms with Crippen molar-refractivity contribution in [1.29, 1.82) is 0 Å². The number of ether oxygens (including phenoxy) is 2. The Morgan fingerprint density at radius 3 is 2.68 bits per heavy atom. The number of aromatic nitrogens is 1. The number of hydrogen-bond acceptors (Lipinski definition) is 6. The summed E-state index contributed by atoms with van der Waals surface area (Å²) in [7, 11) is 3.20. The van der Waals surface area contributed by atoms with Crippen LogP contribution in [-0.4, -0.2) is 49.1 Å². The van der Waals surface area contributed by atoms with Crippen LogP contribution in [0.15, 0.2) is 52.9 Å². The number of methoxy groups -OCH3 is 2. The summed E-state index contributed by atoms with van der Waals surface area (Å²) in [5, 5.41) is 2.99. The number of nitrogens with zero attached hydrogens (tertiary/aromatic N) is 2. The van der Waals surface area contributed by atoms with Gasteiger partial charge in [0.1, 0.15) is 5.76 Å². The van der Waals surface area contributed by atoms with E-state index in [9.17, 15) is 4.79 Å². The van der Waals surface area contributed by atoms with Crippen molar-refractivity contribution in [3.05, 3.63) is 65.5 Å². The van der Waals surface area contributed by atoms with E-state index in [-0.39, 0.29) is 11.9 Å². The Morgan fingerprint density at radius 1 is 1.13 bits per heavy atom. The second kappa shape index (κ2) is 9.22. The molecular weight excluding hydrogens is 394 g/mol. The number of nitrogens with one attached hydrogen (secondary N) is 1. The molecule has 0 saturated carbocycles. The second-order valence-corrected chi connectivity index (χ2v) is 7.53. The summed E-state index contributed by atoms with van der Waals surface area (Å²) in [6, 6.07) is 15.4. The zero-order chi connectivity index (χ0) is 21.8. The fourth-order valence-corrected chi connectivity index (χ4v) is 3.95. The van der Waals surface area contributed by atoms with Crippen LogP contribution in [-0.2, 0) is 17.8 Å². The number of piperazine rings is 1. The van der Waals surface area contributed by atoms with Gasteiger partial charge in [-0.05, 0) is 31.0 Å². The molecule has 1 amide bonds. The van der Waals surface area contributed by atoms with Gasteiger partial charge in [0.15, 0.2) is 11.5 Å². The molecular formula is C24H27N3O4. The van der Waals surface area contributed by atoms with Crippen molar-refractivity contribution in [3.8, 4) is 23.0 Å². The molecule has 1 saturated heterocycles. The topological polar surface area (TPSA) is 76.8 Å². The van der Waals surface area contributed by atoms with Crippen molar-refractivity contribution in [2.24, 2.45) is 0 Å². The minimum Gasteiger partial charge on any atom is -0.493 e. The summed E-state index contributed by atoms with van der Waals surface area (Å²) in [4.78, 5) is 19.6. The van der Waals surface area contributed by atoms with Crippen molar-refractivity contribution in [1.82, 2.24) is 15.2 Å². The molecule has 3 aromatic rings. The molecule has 1 N–H and O–H groups in total. The van der Waals surface area contributed by atoms with Gasteiger partial charge in [-0.1, -0.05) is 36.4 Å². The van der Waals surface area contributed by atoms with Gasteiger partial charge in [0, 0.05) is 19.6 Å². The minimum absolute atomic E-state index is 0.0472. The van der Waals surface area contributed by atoms with Crippen LogP contribution in [0.3, 0.4) is 0 Å². The Balaban J connectivity index is 1.59. The number of oxazole rings is 1. The van der Waals surface area contributed by atoms with E-state index in [4.69, 9.17) is 18.9 Å². The van der Waals surface area contributed by atoms with Crippen LogP contribution in [0.2, 0.25) is 0 Å². The number of rotatable bonds is 7. The molecule has 2 heterocycles. The van der Waals surface area contributed by atoms with Crippen molar-refractivity contribution in [2.75, 3.05) is 27.3 Å². The van der Waals surface area contributed by atoms with Gasteiger partial charge in [0.05, 0.1) is 31.5 Å². The maximum atomic E-state index is 12.6. The molecule has 4 rings (SSSR count). The first-order valence-corrected chi connectivity index (χ1v) is 10.3. The molecule has 31 heavy (non-hydrogen) atoms. The third kappa shape index (κ3) is 4.41. The number of para-hydroxylation sites is 1. The van der Waals surface area contributed by atoms with E-state index in [1.54, 1.807) is 14.2 Å². The molecule has 7 heteroatoms. The largest absolute Gasteiger partial charge is 0.493 e. The highest BCUT2D eigenvalue weighted by molar-refractivity contribution is 5.82. The molecule has 2 aromatic carbocycles. The van der Waals surface area contributed by atoms with Gasteiger partial charge in [-0.3, -0.25) is 9.69 Å². The molecule has 0 spiro atoms. The number of aryl methyl sites for hydroxylation is 1. The molecule has 1 aliphatic rings. The lowest BCUT2D eigenvalue weighted by Crippen LogP contribution is -2.55. The SMILES string of the molecule is COc1cccc(-c2nc(CN3CCNC(=O)C3Cc3ccccc3)c(C)o2)c1OC. The molecule has 1 fully saturated rings. The average molecular weight is 421 g/mol. The Labute approximate surface area is 182 Å². The fraction of sp³-hybridized carbons (Fsp3) is 0.333. The van der Waals surface area contributed by atoms with Gasteiger partial charge < -0.3 is 19.2 Å². The summed E-state index contributed by atoms with van der Waals surface area (Å²) in [6.07, 6.45) is 0.653. The van der Waals surface area contributed by atoms with E-state index in [0.717, 1.165) is 29.1 Å². The van der Waals surface area contributed by atoms with Crippen molar-refractivity contribution >= 4 is 5.91 Å². The molecule has 0 bridgehead atoms. The zero-order valence-electron chi connectivity index (χ0n) is 18.1. The Kier molecular flexibility index (Phi) is 6.23. The van der Waals surface area contributed by atoms with Gasteiger partial charge in [0.2, 0.25) is 11.8 Å². The number of amides is 1. The van der Waals surface area contributed by atoms with E-state index in [1.165, 1.54) is 0 Å². The molecule has 1 unspecified atom stereocenters. The van der Waals surface area contributed by atoms with Crippen LogP contribution in [0.25, 0.3) is 11.5 Å². The lowest BCUT2D eigenvalue weighted by atomic mass is 10.0. The highest BCUT2D eigenvalue weighted by Crippen LogP contribution is 2.38. The smallest absolute Gasteiger partial charge is 0.237 e. The van der Waals surface area contributed by atoms with Crippen LogP contribution < -0.4 is 14.8 Å². The van der Waals surface area contributed by atoms with E-state index in [1.807, 2.05) is 43.3 Å². The number of hydrogen-bond donors (Lipinski definition) is 1. The number of carbonyl (C=O) groups is 1. The molecule has 7 nitrogen and oxygen atoms in total. The summed E-state index contributed by atoms with van der Waals surface area (Å²) >= 11 is 0. The Bertz CT molecular complexity index is 1050. The summed E-state index contributed by atoms with van der Waals surface area (Å²) in [6.45, 7) is 3.81. The van der Waals surface area contributed by atoms with Gasteiger partial charge in [-0.25, -0.2) is 4.98 Å². The van der Waals surface area contributed by atoms with Gasteiger partial charge in [-0.2, -0.15) is 0 Å². The van der Waals surface area contributed by atoms with E-state index in [2.05, 4.69) is 22.3 Å². The van der Waals surface area contributed by atoms with Gasteiger partial charge in [0.25, 0.3) is 0 Å². The lowest BCUT2D eigenvalue weighted by molar-refractivity contribution is -0.129. The van der Waals surface area contributed by atoms with Crippen molar-refractivity contribution in [3.63, 3.8) is 0 Å². The monoisotopic (exact) mass is 421 g/mol. The lowest BCUT2D eigenvalue weighted by Gasteiger charge is -2.34. The van der Waals surface area contributed by atoms with E-state index in [0.29, 0.717) is 36.9 Å². The second-order valence-electron chi connectivity index (χ2n) is 7.53. The number of benzene rings is 2. The quantitative estimate of drug-likeness (QED) is 0.631. The third-order valence-corrected chi connectivity index (χ3v) is 5.59. The standard InChI is InChI=1S/C24H27N3O4/c1-16-19(26-24(31-16)18-10-7-11-21(29-2)22(18)30-3)15-27-13-12-25-23(28)20(27)14-17-8-5-4-6-9-17/h4-11,20H,12-15H2,1-3H3,(H,25,28). The molecule has 0 aliphatic carbocycles. The molecule has 162 valence electrons. The zero-order valence-corrected chi connectivity index (χ0v) is 18.1. The van der Waals surface area contributed by atoms with E-state index < -0.39 is 0 Å². The summed E-state index contributed by atoms with van der Waals surface area (Å²) < 4.78 is 16.9. The Hall–Kier alpha value is -3.32. The molecule has 0 radical (unpaired) electrons. The molecule has 1 aromatic heterocycles. The van der Waals surface area contributed by atoms with Crippen LogP contribution in [0.5, 0.6) is 11.5 Å². The van der Waals surface area contributed by atoms with Gasteiger partial charge >= 0.3 is 0 Å². The fourth-order valence-electron chi connectivity index (χ4n) is 3.95. The predicted molar refractivity (Wildman–Crippen MR) is 117 cm³/mol. The first-order chi connectivity index (χ1) is 15.1. The predicted octanol–water partition coefficient (Wildman–Crippen LogP) is 3.21. The Morgan fingerprint density at radius 2 is 1.94 bits per heavy atom. The minimum atomic E-state index is -0.248. The molecule has 1 aliphatic heterocycles. The van der Waals surface area contributed by atoms with Crippen LogP contribution in [0.4, 0.5) is 0 Å². The highest BCUT2D eigenvalue weighted by atomic mass is 16.5.